The molecule has 0 aliphatic heterocycles. The molecule has 2 aromatic rings. The summed E-state index contributed by atoms with van der Waals surface area (Å²) >= 11 is 0. The molecule has 0 fully saturated rings. The number of hydrogen-bond acceptors (Lipinski definition) is 4. The van der Waals surface area contributed by atoms with E-state index in [0.29, 0.717) is 25.4 Å². The number of carbonyl (C=O) groups is 1. The largest absolute Gasteiger partial charge is 0.494 e. The Kier molecular flexibility index (Phi) is 12.2. The zero-order chi connectivity index (χ0) is 23.9. The van der Waals surface area contributed by atoms with Gasteiger partial charge in [0, 0.05) is 5.56 Å². The van der Waals surface area contributed by atoms with Crippen molar-refractivity contribution in [3.05, 3.63) is 59.2 Å². The van der Waals surface area contributed by atoms with Crippen LogP contribution in [0.3, 0.4) is 0 Å². The van der Waals surface area contributed by atoms with E-state index in [0.717, 1.165) is 73.3 Å². The van der Waals surface area contributed by atoms with Crippen molar-refractivity contribution in [2.24, 2.45) is 0 Å². The topological polar surface area (TPSA) is 44.8 Å². The van der Waals surface area contributed by atoms with E-state index in [1.807, 2.05) is 36.4 Å². The molecule has 2 rings (SSSR count). The highest BCUT2D eigenvalue weighted by Gasteiger charge is 2.13. The van der Waals surface area contributed by atoms with Crippen LogP contribution in [0.15, 0.2) is 42.5 Å². The highest BCUT2D eigenvalue weighted by molar-refractivity contribution is 6.06. The highest BCUT2D eigenvalue weighted by atomic mass is 16.5. The third-order valence-electron chi connectivity index (χ3n) is 5.21. The Labute approximate surface area is 200 Å². The van der Waals surface area contributed by atoms with Gasteiger partial charge in [0.1, 0.15) is 5.75 Å². The first-order chi connectivity index (χ1) is 16.1. The quantitative estimate of drug-likeness (QED) is 0.149. The fourth-order valence-corrected chi connectivity index (χ4v) is 3.35. The molecule has 0 amide bonds. The molecule has 0 heterocycles. The van der Waals surface area contributed by atoms with E-state index in [1.165, 1.54) is 0 Å². The molecule has 0 saturated heterocycles. The average Bonchev–Trinajstić information content (AvgIpc) is 2.83. The van der Waals surface area contributed by atoms with Gasteiger partial charge in [-0.1, -0.05) is 53.0 Å². The third-order valence-corrected chi connectivity index (χ3v) is 5.21. The van der Waals surface area contributed by atoms with E-state index in [-0.39, 0.29) is 5.78 Å². The minimum Gasteiger partial charge on any atom is -0.494 e. The van der Waals surface area contributed by atoms with Crippen molar-refractivity contribution in [3.8, 4) is 17.2 Å². The van der Waals surface area contributed by atoms with E-state index in [4.69, 9.17) is 14.2 Å². The number of rotatable bonds is 16. The maximum absolute atomic E-state index is 12.7. The number of carbonyl (C=O) groups excluding carboxylic acids is 1. The lowest BCUT2D eigenvalue weighted by Crippen LogP contribution is -2.05. The first kappa shape index (κ1) is 26.5. The maximum atomic E-state index is 12.7. The predicted octanol–water partition coefficient (Wildman–Crippen LogP) is 7.68. The molecule has 0 aliphatic rings. The number of ether oxygens (including phenoxy) is 3. The van der Waals surface area contributed by atoms with Gasteiger partial charge >= 0.3 is 0 Å². The lowest BCUT2D eigenvalue weighted by atomic mass is 10.0. The predicted molar refractivity (Wildman–Crippen MR) is 137 cm³/mol. The van der Waals surface area contributed by atoms with Gasteiger partial charge in [0.05, 0.1) is 19.8 Å². The van der Waals surface area contributed by atoms with Crippen LogP contribution in [0.1, 0.15) is 87.7 Å². The van der Waals surface area contributed by atoms with Crippen molar-refractivity contribution in [2.45, 2.75) is 72.6 Å². The summed E-state index contributed by atoms with van der Waals surface area (Å²) in [7, 11) is 0. The minimum atomic E-state index is -0.0363. The van der Waals surface area contributed by atoms with Gasteiger partial charge in [-0.15, -0.1) is 0 Å². The molecular weight excluding hydrogens is 412 g/mol. The minimum absolute atomic E-state index is 0.0363. The Hall–Kier alpha value is -2.75. The lowest BCUT2D eigenvalue weighted by molar-refractivity contribution is 0.104. The van der Waals surface area contributed by atoms with Crippen molar-refractivity contribution < 1.29 is 19.0 Å². The monoisotopic (exact) mass is 452 g/mol. The van der Waals surface area contributed by atoms with Crippen LogP contribution in [-0.4, -0.2) is 25.6 Å². The van der Waals surface area contributed by atoms with Crippen molar-refractivity contribution in [3.63, 3.8) is 0 Å². The maximum Gasteiger partial charge on any atom is 0.185 e. The molecule has 4 nitrogen and oxygen atoms in total. The lowest BCUT2D eigenvalue weighted by Gasteiger charge is -2.17. The smallest absolute Gasteiger partial charge is 0.185 e. The second-order valence-corrected chi connectivity index (χ2v) is 8.23. The van der Waals surface area contributed by atoms with Gasteiger partial charge in [-0.2, -0.15) is 0 Å². The molecule has 4 heteroatoms. The fourth-order valence-electron chi connectivity index (χ4n) is 3.35. The molecule has 0 spiro atoms. The zero-order valence-electron chi connectivity index (χ0n) is 20.8. The summed E-state index contributed by atoms with van der Waals surface area (Å²) in [5, 5.41) is 0. The number of ketones is 1. The van der Waals surface area contributed by atoms with Crippen LogP contribution in [0.5, 0.6) is 17.2 Å². The van der Waals surface area contributed by atoms with Gasteiger partial charge in [0.15, 0.2) is 17.3 Å². The van der Waals surface area contributed by atoms with Crippen molar-refractivity contribution >= 4 is 11.9 Å². The first-order valence-electron chi connectivity index (χ1n) is 12.5. The van der Waals surface area contributed by atoms with E-state index in [2.05, 4.69) is 33.8 Å². The summed E-state index contributed by atoms with van der Waals surface area (Å²) in [6, 6.07) is 11.4. The summed E-state index contributed by atoms with van der Waals surface area (Å²) in [5.74, 6) is 2.38. The molecule has 0 bridgehead atoms. The molecular formula is C29H40O4. The number of benzene rings is 2. The Bertz CT molecular complexity index is 868. The number of unbranched alkanes of at least 4 members (excludes halogenated alkanes) is 2. The Morgan fingerprint density at radius 1 is 0.788 bits per heavy atom. The average molecular weight is 453 g/mol. The number of aryl methyl sites for hydroxylation is 1. The summed E-state index contributed by atoms with van der Waals surface area (Å²) in [5.41, 5.74) is 2.72. The summed E-state index contributed by atoms with van der Waals surface area (Å²) in [6.45, 7) is 10.6. The molecule has 180 valence electrons. The third kappa shape index (κ3) is 8.95. The van der Waals surface area contributed by atoms with Crippen LogP contribution < -0.4 is 14.2 Å². The van der Waals surface area contributed by atoms with E-state index in [9.17, 15) is 4.79 Å². The van der Waals surface area contributed by atoms with Crippen LogP contribution >= 0.6 is 0 Å². The molecule has 0 aliphatic carbocycles. The van der Waals surface area contributed by atoms with E-state index in [1.54, 1.807) is 6.08 Å². The first-order valence-corrected chi connectivity index (χ1v) is 12.5. The molecule has 0 saturated carbocycles. The standard InChI is InChI=1S/C29H40O4/c1-5-9-19-32-28-22-23(21-25(11-7-3)29(28)33-20-10-6-2)12-17-27(30)24-13-15-26(16-14-24)31-18-8-4/h12-17,21-22H,5-11,18-20H2,1-4H3/b17-12+. The van der Waals surface area contributed by atoms with E-state index < -0.39 is 0 Å². The van der Waals surface area contributed by atoms with Crippen molar-refractivity contribution in [1.29, 1.82) is 0 Å². The molecule has 33 heavy (non-hydrogen) atoms. The molecule has 0 aromatic heterocycles. The summed E-state index contributed by atoms with van der Waals surface area (Å²) in [4.78, 5) is 12.7. The fraction of sp³-hybridized carbons (Fsp3) is 0.483. The molecule has 0 N–H and O–H groups in total. The van der Waals surface area contributed by atoms with Crippen LogP contribution in [0, 0.1) is 0 Å². The van der Waals surface area contributed by atoms with Gasteiger partial charge in [-0.25, -0.2) is 0 Å². The van der Waals surface area contributed by atoms with Crippen LogP contribution in [-0.2, 0) is 6.42 Å². The van der Waals surface area contributed by atoms with Gasteiger partial charge in [-0.3, -0.25) is 4.79 Å². The number of allylic oxidation sites excluding steroid dienone is 1. The van der Waals surface area contributed by atoms with Gasteiger partial charge in [0.2, 0.25) is 0 Å². The van der Waals surface area contributed by atoms with Crippen molar-refractivity contribution in [1.82, 2.24) is 0 Å². The van der Waals surface area contributed by atoms with Gasteiger partial charge in [0.25, 0.3) is 0 Å². The van der Waals surface area contributed by atoms with Crippen molar-refractivity contribution in [2.75, 3.05) is 19.8 Å². The van der Waals surface area contributed by atoms with Gasteiger partial charge < -0.3 is 14.2 Å². The Balaban J connectivity index is 2.24. The number of hydrogen-bond donors (Lipinski definition) is 0. The Morgan fingerprint density at radius 2 is 1.48 bits per heavy atom. The van der Waals surface area contributed by atoms with Crippen LogP contribution in [0.2, 0.25) is 0 Å². The second kappa shape index (κ2) is 15.2. The molecule has 0 radical (unpaired) electrons. The second-order valence-electron chi connectivity index (χ2n) is 8.23. The highest BCUT2D eigenvalue weighted by Crippen LogP contribution is 2.35. The normalized spacial score (nSPS) is 11.0. The zero-order valence-corrected chi connectivity index (χ0v) is 20.8. The summed E-state index contributed by atoms with van der Waals surface area (Å²) < 4.78 is 17.9. The molecule has 0 unspecified atom stereocenters. The molecule has 0 atom stereocenters. The summed E-state index contributed by atoms with van der Waals surface area (Å²) in [6.07, 6.45) is 10.5. The van der Waals surface area contributed by atoms with Gasteiger partial charge in [-0.05, 0) is 79.3 Å². The van der Waals surface area contributed by atoms with E-state index >= 15 is 0 Å². The SMILES string of the molecule is CCCCOc1cc(/C=C/C(=O)c2ccc(OCCC)cc2)cc(CCC)c1OCCCC. The van der Waals surface area contributed by atoms with Crippen LogP contribution in [0.4, 0.5) is 0 Å². The Morgan fingerprint density at radius 3 is 2.12 bits per heavy atom. The van der Waals surface area contributed by atoms with Crippen LogP contribution in [0.25, 0.3) is 6.08 Å². The molecule has 2 aromatic carbocycles.